The predicted molar refractivity (Wildman–Crippen MR) is 129 cm³/mol. The molecule has 0 saturated heterocycles. The molecule has 1 N–H and O–H groups in total. The second-order valence-corrected chi connectivity index (χ2v) is 9.04. The Morgan fingerprint density at radius 3 is 2.74 bits per heavy atom. The van der Waals surface area contributed by atoms with E-state index in [1.807, 2.05) is 12.1 Å². The van der Waals surface area contributed by atoms with Crippen molar-refractivity contribution < 1.29 is 9.59 Å². The van der Waals surface area contributed by atoms with Gasteiger partial charge in [0.05, 0.1) is 29.9 Å². The number of rotatable bonds is 7. The minimum absolute atomic E-state index is 0.218. The minimum atomic E-state index is -0.430. The largest absolute Gasteiger partial charge is 0.322 e. The number of carbonyl (C=O) groups excluding carboxylic acids is 2. The number of carbonyl (C=O) groups is 2. The summed E-state index contributed by atoms with van der Waals surface area (Å²) in [5, 5.41) is 16.1. The molecule has 2 heterocycles. The number of hydrogen-bond acceptors (Lipinski definition) is 5. The Balaban J connectivity index is 1.31. The zero-order valence-electron chi connectivity index (χ0n) is 19.1. The lowest BCUT2D eigenvalue weighted by atomic mass is 10.1. The average Bonchev–Trinajstić information content (AvgIpc) is 3.54. The molecule has 0 radical (unpaired) electrons. The summed E-state index contributed by atoms with van der Waals surface area (Å²) in [5.74, 6) is 0.167. The molecule has 1 aliphatic heterocycles. The van der Waals surface area contributed by atoms with Crippen LogP contribution in [0, 0.1) is 17.2 Å². The minimum Gasteiger partial charge on any atom is -0.322 e. The fourth-order valence-electron chi connectivity index (χ4n) is 4.38. The van der Waals surface area contributed by atoms with E-state index in [4.69, 9.17) is 5.26 Å². The number of anilines is 2. The zero-order chi connectivity index (χ0) is 23.7. The van der Waals surface area contributed by atoms with Gasteiger partial charge in [-0.25, -0.2) is 0 Å². The Hall–Kier alpha value is -3.96. The van der Waals surface area contributed by atoms with Gasteiger partial charge in [0.1, 0.15) is 5.69 Å². The fraction of sp³-hybridized carbons (Fsp3) is 0.308. The standard InChI is InChI=1S/C26H26N6O2/c1-30(16-18-5-6-18)17-19-7-9-22(10-8-19)31-11-12-32-24(26(31)34)23(15-28-32)25(33)29-21-4-2-3-20(13-21)14-27/h2-4,7-10,13,15,18H,5-6,11-12,16-17H2,1H3,(H,29,33). The third kappa shape index (κ3) is 4.56. The quantitative estimate of drug-likeness (QED) is 0.590. The molecule has 0 spiro atoms. The number of nitrogens with zero attached hydrogens (tertiary/aromatic N) is 5. The Morgan fingerprint density at radius 2 is 2.00 bits per heavy atom. The predicted octanol–water partition coefficient (Wildman–Crippen LogP) is 3.51. The monoisotopic (exact) mass is 454 g/mol. The van der Waals surface area contributed by atoms with Crippen LogP contribution in [0.1, 0.15) is 44.8 Å². The van der Waals surface area contributed by atoms with Crippen molar-refractivity contribution in [2.24, 2.45) is 5.92 Å². The summed E-state index contributed by atoms with van der Waals surface area (Å²) < 4.78 is 1.58. The van der Waals surface area contributed by atoms with E-state index in [1.165, 1.54) is 24.6 Å². The first-order valence-electron chi connectivity index (χ1n) is 11.5. The molecule has 0 atom stereocenters. The van der Waals surface area contributed by atoms with E-state index in [0.717, 1.165) is 24.7 Å². The molecule has 1 aromatic heterocycles. The number of fused-ring (bicyclic) bond motifs is 1. The highest BCUT2D eigenvalue weighted by molar-refractivity contribution is 6.15. The number of hydrogen-bond donors (Lipinski definition) is 1. The van der Waals surface area contributed by atoms with Crippen LogP contribution in [0.3, 0.4) is 0 Å². The lowest BCUT2D eigenvalue weighted by Gasteiger charge is -2.28. The summed E-state index contributed by atoms with van der Waals surface area (Å²) in [6, 6.07) is 16.8. The molecule has 1 saturated carbocycles. The molecule has 0 bridgehead atoms. The molecule has 2 amide bonds. The zero-order valence-corrected chi connectivity index (χ0v) is 19.1. The van der Waals surface area contributed by atoms with Crippen LogP contribution in [0.15, 0.2) is 54.7 Å². The third-order valence-corrected chi connectivity index (χ3v) is 6.28. The third-order valence-electron chi connectivity index (χ3n) is 6.28. The highest BCUT2D eigenvalue weighted by Gasteiger charge is 2.32. The second-order valence-electron chi connectivity index (χ2n) is 9.04. The first kappa shape index (κ1) is 21.9. The number of nitrogens with one attached hydrogen (secondary N) is 1. The van der Waals surface area contributed by atoms with Gasteiger partial charge in [-0.1, -0.05) is 18.2 Å². The maximum Gasteiger partial charge on any atom is 0.277 e. The van der Waals surface area contributed by atoms with Crippen LogP contribution in [0.5, 0.6) is 0 Å². The summed E-state index contributed by atoms with van der Waals surface area (Å²) in [5.41, 5.74) is 3.44. The highest BCUT2D eigenvalue weighted by atomic mass is 16.2. The van der Waals surface area contributed by atoms with Gasteiger partial charge in [0.2, 0.25) is 0 Å². The van der Waals surface area contributed by atoms with E-state index in [-0.39, 0.29) is 17.2 Å². The van der Waals surface area contributed by atoms with Crippen LogP contribution in [0.2, 0.25) is 0 Å². The van der Waals surface area contributed by atoms with Crippen molar-refractivity contribution in [2.75, 3.05) is 30.4 Å². The lowest BCUT2D eigenvalue weighted by Crippen LogP contribution is -2.41. The smallest absolute Gasteiger partial charge is 0.277 e. The van der Waals surface area contributed by atoms with Gasteiger partial charge >= 0.3 is 0 Å². The molecule has 1 fully saturated rings. The van der Waals surface area contributed by atoms with Gasteiger partial charge in [-0.05, 0) is 61.7 Å². The Bertz CT molecular complexity index is 1270. The van der Waals surface area contributed by atoms with Crippen molar-refractivity contribution >= 4 is 23.2 Å². The summed E-state index contributed by atoms with van der Waals surface area (Å²) in [6.07, 6.45) is 4.10. The Kier molecular flexibility index (Phi) is 5.86. The molecule has 8 nitrogen and oxygen atoms in total. The lowest BCUT2D eigenvalue weighted by molar-refractivity contribution is 0.0947. The van der Waals surface area contributed by atoms with Gasteiger partial charge in [-0.15, -0.1) is 0 Å². The van der Waals surface area contributed by atoms with Gasteiger partial charge in [0.25, 0.3) is 11.8 Å². The van der Waals surface area contributed by atoms with Crippen LogP contribution in [0.25, 0.3) is 0 Å². The molecule has 5 rings (SSSR count). The molecule has 8 heteroatoms. The highest BCUT2D eigenvalue weighted by Crippen LogP contribution is 2.30. The van der Waals surface area contributed by atoms with Crippen LogP contribution < -0.4 is 10.2 Å². The first-order valence-corrected chi connectivity index (χ1v) is 11.5. The summed E-state index contributed by atoms with van der Waals surface area (Å²) in [7, 11) is 2.14. The SMILES string of the molecule is CN(Cc1ccc(N2CCn3ncc(C(=O)Nc4cccc(C#N)c4)c3C2=O)cc1)CC1CC1. The molecular weight excluding hydrogens is 428 g/mol. The van der Waals surface area contributed by atoms with E-state index in [0.29, 0.717) is 24.3 Å². The molecule has 2 aromatic carbocycles. The van der Waals surface area contributed by atoms with Crippen LogP contribution >= 0.6 is 0 Å². The van der Waals surface area contributed by atoms with Gasteiger partial charge in [0, 0.05) is 31.0 Å². The maximum absolute atomic E-state index is 13.4. The van der Waals surface area contributed by atoms with Crippen LogP contribution in [-0.4, -0.2) is 46.6 Å². The van der Waals surface area contributed by atoms with Crippen molar-refractivity contribution in [1.29, 1.82) is 5.26 Å². The van der Waals surface area contributed by atoms with E-state index in [1.54, 1.807) is 33.8 Å². The maximum atomic E-state index is 13.4. The molecule has 3 aromatic rings. The summed E-state index contributed by atoms with van der Waals surface area (Å²) in [4.78, 5) is 30.4. The molecule has 172 valence electrons. The first-order chi connectivity index (χ1) is 16.5. The molecule has 34 heavy (non-hydrogen) atoms. The number of nitriles is 1. The van der Waals surface area contributed by atoms with E-state index >= 15 is 0 Å². The van der Waals surface area contributed by atoms with Gasteiger partial charge < -0.3 is 15.1 Å². The Labute approximate surface area is 198 Å². The Morgan fingerprint density at radius 1 is 1.21 bits per heavy atom. The van der Waals surface area contributed by atoms with Gasteiger partial charge in [0.15, 0.2) is 0 Å². The molecular formula is C26H26N6O2. The van der Waals surface area contributed by atoms with Gasteiger partial charge in [-0.2, -0.15) is 10.4 Å². The van der Waals surface area contributed by atoms with Gasteiger partial charge in [-0.3, -0.25) is 14.3 Å². The second kappa shape index (κ2) is 9.12. The van der Waals surface area contributed by atoms with E-state index in [2.05, 4.69) is 40.6 Å². The van der Waals surface area contributed by atoms with E-state index in [9.17, 15) is 9.59 Å². The average molecular weight is 455 g/mol. The fourth-order valence-corrected chi connectivity index (χ4v) is 4.38. The van der Waals surface area contributed by atoms with Crippen LogP contribution in [0.4, 0.5) is 11.4 Å². The van der Waals surface area contributed by atoms with E-state index < -0.39 is 5.91 Å². The van der Waals surface area contributed by atoms with Crippen molar-refractivity contribution in [1.82, 2.24) is 14.7 Å². The van der Waals surface area contributed by atoms with Crippen molar-refractivity contribution in [3.63, 3.8) is 0 Å². The molecule has 2 aliphatic rings. The summed E-state index contributed by atoms with van der Waals surface area (Å²) in [6.45, 7) is 3.00. The van der Waals surface area contributed by atoms with Crippen molar-refractivity contribution in [3.8, 4) is 6.07 Å². The van der Waals surface area contributed by atoms with Crippen LogP contribution in [-0.2, 0) is 13.1 Å². The topological polar surface area (TPSA) is 94.3 Å². The van der Waals surface area contributed by atoms with Crippen molar-refractivity contribution in [3.05, 3.63) is 77.1 Å². The normalized spacial score (nSPS) is 15.2. The number of amides is 2. The summed E-state index contributed by atoms with van der Waals surface area (Å²) >= 11 is 0. The number of aromatic nitrogens is 2. The molecule has 0 unspecified atom stereocenters. The molecule has 1 aliphatic carbocycles. The van der Waals surface area contributed by atoms with Crippen molar-refractivity contribution in [2.45, 2.75) is 25.9 Å². The number of benzene rings is 2.